The lowest BCUT2D eigenvalue weighted by molar-refractivity contribution is -0.121. The maximum Gasteiger partial charge on any atom is 0.246 e. The number of thiol groups is 1. The maximum atomic E-state index is 11.3. The Kier molecular flexibility index (Phi) is 12.4. The van der Waals surface area contributed by atoms with Gasteiger partial charge in [-0.1, -0.05) is 12.8 Å². The number of Topliss-reactive ketones (excluding diaryl/α,β-unsaturated/α-hetero) is 1. The van der Waals surface area contributed by atoms with Crippen LogP contribution >= 0.6 is 37.0 Å². The first-order valence-corrected chi connectivity index (χ1v) is 6.11. The first-order valence-electron chi connectivity index (χ1n) is 4.27. The Balaban J connectivity index is 0. The minimum Gasteiger partial charge on any atom is -0.301 e. The van der Waals surface area contributed by atoms with E-state index in [4.69, 9.17) is 0 Å². The normalized spacial score (nSPS) is 11.4. The molecule has 7 heteroatoms. The summed E-state index contributed by atoms with van der Waals surface area (Å²) in [6, 6.07) is -0.330. The molecule has 1 atom stereocenters. The number of hydrogen-bond donors (Lipinski definition) is 3. The maximum absolute atomic E-state index is 11.3. The molecular formula is C8H17ClN2O2S2. The third-order valence-corrected chi connectivity index (χ3v) is 2.50. The third-order valence-electron chi connectivity index (χ3n) is 1.63. The first kappa shape index (κ1) is 17.5. The van der Waals surface area contributed by atoms with Gasteiger partial charge in [0.1, 0.15) is 5.78 Å². The van der Waals surface area contributed by atoms with Crippen LogP contribution in [0.25, 0.3) is 0 Å². The summed E-state index contributed by atoms with van der Waals surface area (Å²) in [6.45, 7) is 1.71. The summed E-state index contributed by atoms with van der Waals surface area (Å²) < 4.78 is 2.27. The lowest BCUT2D eigenvalue weighted by atomic mass is 10.2. The SMILES string of the molecule is CSCC[C@H](NCC(C)=O)C(=O)NS.Cl. The molecule has 4 nitrogen and oxygen atoms in total. The van der Waals surface area contributed by atoms with Gasteiger partial charge in [0, 0.05) is 0 Å². The number of halogens is 1. The van der Waals surface area contributed by atoms with Crippen LogP contribution in [0.3, 0.4) is 0 Å². The number of hydrogen-bond acceptors (Lipinski definition) is 5. The molecule has 15 heavy (non-hydrogen) atoms. The number of carbonyl (C=O) groups excluding carboxylic acids is 2. The Hall–Kier alpha value is 0.0900. The number of nitrogens with one attached hydrogen (secondary N) is 2. The fourth-order valence-electron chi connectivity index (χ4n) is 0.906. The van der Waals surface area contributed by atoms with Crippen LogP contribution in [0.1, 0.15) is 13.3 Å². The largest absolute Gasteiger partial charge is 0.301 e. The van der Waals surface area contributed by atoms with Crippen molar-refractivity contribution in [2.24, 2.45) is 0 Å². The van der Waals surface area contributed by atoms with Crippen molar-refractivity contribution in [1.82, 2.24) is 10.0 Å². The second-order valence-electron chi connectivity index (χ2n) is 2.89. The minimum absolute atomic E-state index is 0. The van der Waals surface area contributed by atoms with Crippen molar-refractivity contribution < 1.29 is 9.59 Å². The van der Waals surface area contributed by atoms with Gasteiger partial charge in [-0.3, -0.25) is 14.9 Å². The Bertz CT molecular complexity index is 205. The van der Waals surface area contributed by atoms with Gasteiger partial charge in [0.2, 0.25) is 5.91 Å². The van der Waals surface area contributed by atoms with Crippen LogP contribution in [0.15, 0.2) is 0 Å². The van der Waals surface area contributed by atoms with E-state index in [1.54, 1.807) is 11.8 Å². The molecule has 90 valence electrons. The molecule has 0 saturated heterocycles. The number of ketones is 1. The number of rotatable bonds is 7. The second-order valence-corrected chi connectivity index (χ2v) is 4.10. The third kappa shape index (κ3) is 9.04. The van der Waals surface area contributed by atoms with E-state index in [0.29, 0.717) is 6.42 Å². The van der Waals surface area contributed by atoms with Crippen molar-refractivity contribution in [2.75, 3.05) is 18.6 Å². The van der Waals surface area contributed by atoms with Gasteiger partial charge in [0.05, 0.1) is 12.6 Å². The fraction of sp³-hybridized carbons (Fsp3) is 0.750. The highest BCUT2D eigenvalue weighted by Crippen LogP contribution is 2.01. The van der Waals surface area contributed by atoms with Crippen LogP contribution in [0.4, 0.5) is 0 Å². The predicted molar refractivity (Wildman–Crippen MR) is 69.8 cm³/mol. The van der Waals surface area contributed by atoms with Crippen molar-refractivity contribution in [3.8, 4) is 0 Å². The summed E-state index contributed by atoms with van der Waals surface area (Å²) in [5, 5.41) is 2.88. The zero-order valence-electron chi connectivity index (χ0n) is 8.78. The molecule has 0 aliphatic heterocycles. The molecule has 0 heterocycles. The number of carbonyl (C=O) groups is 2. The molecule has 0 fully saturated rings. The van der Waals surface area contributed by atoms with Gasteiger partial charge in [-0.2, -0.15) is 11.8 Å². The summed E-state index contributed by atoms with van der Waals surface area (Å²) in [4.78, 5) is 22.0. The van der Waals surface area contributed by atoms with Crippen molar-refractivity contribution in [3.05, 3.63) is 0 Å². The van der Waals surface area contributed by atoms with Crippen molar-refractivity contribution in [1.29, 1.82) is 0 Å². The first-order chi connectivity index (χ1) is 6.61. The number of thioether (sulfide) groups is 1. The highest BCUT2D eigenvalue weighted by Gasteiger charge is 2.16. The van der Waals surface area contributed by atoms with Gasteiger partial charge in [-0.05, 0) is 25.4 Å². The van der Waals surface area contributed by atoms with Crippen molar-refractivity contribution >= 4 is 48.7 Å². The highest BCUT2D eigenvalue weighted by atomic mass is 35.5. The van der Waals surface area contributed by atoms with E-state index < -0.39 is 0 Å². The van der Waals surface area contributed by atoms with Crippen LogP contribution in [-0.4, -0.2) is 36.3 Å². The van der Waals surface area contributed by atoms with Crippen LogP contribution in [0.5, 0.6) is 0 Å². The van der Waals surface area contributed by atoms with Crippen LogP contribution in [0, 0.1) is 0 Å². The standard InChI is InChI=1S/C8H16N2O2S2.ClH/c1-6(11)5-9-7(3-4-14-2)8(12)10-13;/h7,9,13H,3-5H2,1-2H3,(H,10,12);1H/t7-;/m0./s1. The molecule has 0 spiro atoms. The van der Waals surface area contributed by atoms with Gasteiger partial charge in [-0.25, -0.2) is 0 Å². The molecule has 0 unspecified atom stereocenters. The van der Waals surface area contributed by atoms with E-state index in [0.717, 1.165) is 5.75 Å². The number of amides is 1. The molecule has 0 radical (unpaired) electrons. The Labute approximate surface area is 106 Å². The summed E-state index contributed by atoms with van der Waals surface area (Å²) in [7, 11) is 0. The average Bonchev–Trinajstić information content (AvgIpc) is 2.16. The summed E-state index contributed by atoms with van der Waals surface area (Å²) >= 11 is 5.35. The van der Waals surface area contributed by atoms with Gasteiger partial charge < -0.3 is 4.72 Å². The highest BCUT2D eigenvalue weighted by molar-refractivity contribution is 7.98. The summed E-state index contributed by atoms with van der Waals surface area (Å²) in [6.07, 6.45) is 2.67. The van der Waals surface area contributed by atoms with E-state index >= 15 is 0 Å². The fourth-order valence-corrected chi connectivity index (χ4v) is 1.53. The second kappa shape index (κ2) is 10.6. The molecule has 0 aliphatic rings. The molecule has 0 aromatic heterocycles. The lowest BCUT2D eigenvalue weighted by Gasteiger charge is -2.15. The topological polar surface area (TPSA) is 58.2 Å². The molecule has 0 aromatic carbocycles. The van der Waals surface area contributed by atoms with Gasteiger partial charge in [0.15, 0.2) is 0 Å². The summed E-state index contributed by atoms with van der Waals surface area (Å²) in [5.74, 6) is 0.700. The molecule has 1 amide bonds. The predicted octanol–water partition coefficient (Wildman–Crippen LogP) is 0.669. The molecular weight excluding hydrogens is 256 g/mol. The van der Waals surface area contributed by atoms with Crippen LogP contribution in [-0.2, 0) is 9.59 Å². The Morgan fingerprint density at radius 2 is 2.07 bits per heavy atom. The Morgan fingerprint density at radius 1 is 1.47 bits per heavy atom. The van der Waals surface area contributed by atoms with Gasteiger partial charge in [-0.15, -0.1) is 12.4 Å². The molecule has 0 saturated carbocycles. The molecule has 0 bridgehead atoms. The van der Waals surface area contributed by atoms with E-state index in [1.807, 2.05) is 6.26 Å². The lowest BCUT2D eigenvalue weighted by Crippen LogP contribution is -2.43. The molecule has 0 aliphatic carbocycles. The smallest absolute Gasteiger partial charge is 0.246 e. The monoisotopic (exact) mass is 272 g/mol. The summed E-state index contributed by atoms with van der Waals surface area (Å²) in [5.41, 5.74) is 0. The quantitative estimate of drug-likeness (QED) is 0.597. The van der Waals surface area contributed by atoms with E-state index in [1.165, 1.54) is 6.92 Å². The molecule has 2 N–H and O–H groups in total. The van der Waals surface area contributed by atoms with Crippen molar-refractivity contribution in [3.63, 3.8) is 0 Å². The van der Waals surface area contributed by atoms with E-state index in [9.17, 15) is 9.59 Å². The average molecular weight is 273 g/mol. The zero-order valence-corrected chi connectivity index (χ0v) is 11.3. The van der Waals surface area contributed by atoms with E-state index in [2.05, 4.69) is 22.9 Å². The minimum atomic E-state index is -0.330. The van der Waals surface area contributed by atoms with Gasteiger partial charge >= 0.3 is 0 Å². The van der Waals surface area contributed by atoms with E-state index in [-0.39, 0.29) is 36.7 Å². The van der Waals surface area contributed by atoms with Crippen LogP contribution < -0.4 is 10.0 Å². The van der Waals surface area contributed by atoms with Crippen molar-refractivity contribution in [2.45, 2.75) is 19.4 Å². The molecule has 0 aromatic rings. The molecule has 0 rings (SSSR count). The van der Waals surface area contributed by atoms with Gasteiger partial charge in [0.25, 0.3) is 0 Å². The zero-order chi connectivity index (χ0) is 11.0. The Morgan fingerprint density at radius 3 is 2.47 bits per heavy atom. The van der Waals surface area contributed by atoms with Crippen LogP contribution in [0.2, 0.25) is 0 Å².